The van der Waals surface area contributed by atoms with Gasteiger partial charge in [-0.25, -0.2) is 4.79 Å². The number of Topliss-reactive ketones (excluding diaryl/α,β-unsaturated/α-hetero) is 1. The van der Waals surface area contributed by atoms with Gasteiger partial charge in [0.05, 0.1) is 18.8 Å². The SMILES string of the molecule is CCOC(=O)C1=C(O)C(=O)[C@@H](C(=O)OCC)C1. The monoisotopic (exact) mass is 242 g/mol. The molecule has 0 saturated carbocycles. The quantitative estimate of drug-likeness (QED) is 0.570. The zero-order valence-corrected chi connectivity index (χ0v) is 9.69. The van der Waals surface area contributed by atoms with Crippen molar-refractivity contribution in [3.05, 3.63) is 11.3 Å². The van der Waals surface area contributed by atoms with E-state index in [1.54, 1.807) is 13.8 Å². The van der Waals surface area contributed by atoms with E-state index in [9.17, 15) is 19.5 Å². The molecule has 0 spiro atoms. The largest absolute Gasteiger partial charge is 0.504 e. The lowest BCUT2D eigenvalue weighted by atomic mass is 10.1. The maximum absolute atomic E-state index is 11.5. The summed E-state index contributed by atoms with van der Waals surface area (Å²) in [7, 11) is 0. The third-order valence-corrected chi connectivity index (χ3v) is 2.34. The number of rotatable bonds is 4. The van der Waals surface area contributed by atoms with Gasteiger partial charge in [-0.2, -0.15) is 0 Å². The Morgan fingerprint density at radius 3 is 2.41 bits per heavy atom. The van der Waals surface area contributed by atoms with Crippen LogP contribution in [0.4, 0.5) is 0 Å². The van der Waals surface area contributed by atoms with Crippen molar-refractivity contribution in [1.82, 2.24) is 0 Å². The molecular formula is C11H14O6. The van der Waals surface area contributed by atoms with Crippen molar-refractivity contribution < 1.29 is 29.0 Å². The van der Waals surface area contributed by atoms with Gasteiger partial charge < -0.3 is 14.6 Å². The number of aliphatic hydroxyl groups excluding tert-OH is 1. The van der Waals surface area contributed by atoms with E-state index in [-0.39, 0.29) is 25.2 Å². The second-order valence-electron chi connectivity index (χ2n) is 3.42. The van der Waals surface area contributed by atoms with Gasteiger partial charge in [0.1, 0.15) is 5.92 Å². The molecule has 0 aromatic carbocycles. The number of ether oxygens (including phenoxy) is 2. The Bertz CT molecular complexity index is 381. The van der Waals surface area contributed by atoms with Crippen LogP contribution in [-0.4, -0.2) is 36.0 Å². The van der Waals surface area contributed by atoms with Crippen LogP contribution in [0.1, 0.15) is 20.3 Å². The fourth-order valence-electron chi connectivity index (χ4n) is 1.54. The maximum Gasteiger partial charge on any atom is 0.337 e. The van der Waals surface area contributed by atoms with Crippen LogP contribution in [0.5, 0.6) is 0 Å². The first-order valence-corrected chi connectivity index (χ1v) is 5.32. The van der Waals surface area contributed by atoms with Gasteiger partial charge >= 0.3 is 11.9 Å². The lowest BCUT2D eigenvalue weighted by molar-refractivity contribution is -0.150. The molecule has 0 aliphatic heterocycles. The molecule has 0 amide bonds. The van der Waals surface area contributed by atoms with Crippen LogP contribution >= 0.6 is 0 Å². The lowest BCUT2D eigenvalue weighted by Crippen LogP contribution is -2.23. The highest BCUT2D eigenvalue weighted by Crippen LogP contribution is 2.28. The first-order chi connectivity index (χ1) is 8.02. The Balaban J connectivity index is 2.81. The van der Waals surface area contributed by atoms with Crippen molar-refractivity contribution >= 4 is 17.7 Å². The summed E-state index contributed by atoms with van der Waals surface area (Å²) in [5, 5.41) is 9.46. The lowest BCUT2D eigenvalue weighted by Gasteiger charge is -2.07. The average Bonchev–Trinajstić information content (AvgIpc) is 2.57. The first-order valence-electron chi connectivity index (χ1n) is 5.32. The molecule has 1 aliphatic carbocycles. The van der Waals surface area contributed by atoms with E-state index in [1.165, 1.54) is 0 Å². The normalized spacial score (nSPS) is 19.4. The number of aliphatic hydroxyl groups is 1. The van der Waals surface area contributed by atoms with E-state index in [1.807, 2.05) is 0 Å². The van der Waals surface area contributed by atoms with Crippen molar-refractivity contribution in [1.29, 1.82) is 0 Å². The van der Waals surface area contributed by atoms with Crippen molar-refractivity contribution in [3.63, 3.8) is 0 Å². The summed E-state index contributed by atoms with van der Waals surface area (Å²) in [6, 6.07) is 0. The van der Waals surface area contributed by atoms with Crippen LogP contribution in [0, 0.1) is 5.92 Å². The molecule has 0 radical (unpaired) electrons. The van der Waals surface area contributed by atoms with Crippen LogP contribution in [0.2, 0.25) is 0 Å². The molecule has 0 saturated heterocycles. The van der Waals surface area contributed by atoms with Crippen LogP contribution in [0.15, 0.2) is 11.3 Å². The zero-order valence-electron chi connectivity index (χ0n) is 9.69. The molecule has 0 fully saturated rings. The highest BCUT2D eigenvalue weighted by atomic mass is 16.5. The van der Waals surface area contributed by atoms with E-state index < -0.39 is 29.4 Å². The standard InChI is InChI=1S/C11H14O6/c1-3-16-10(14)6-5-7(9(13)8(6)12)11(15)17-4-2/h6,13H,3-5H2,1-2H3/t6-/m0/s1. The van der Waals surface area contributed by atoms with Gasteiger partial charge in [-0.05, 0) is 13.8 Å². The van der Waals surface area contributed by atoms with Crippen molar-refractivity contribution in [2.24, 2.45) is 5.92 Å². The van der Waals surface area contributed by atoms with Crippen molar-refractivity contribution in [3.8, 4) is 0 Å². The van der Waals surface area contributed by atoms with Gasteiger partial charge in [0.15, 0.2) is 5.76 Å². The highest BCUT2D eigenvalue weighted by Gasteiger charge is 2.42. The predicted molar refractivity (Wildman–Crippen MR) is 56.0 cm³/mol. The molecule has 1 rings (SSSR count). The third-order valence-electron chi connectivity index (χ3n) is 2.34. The minimum atomic E-state index is -1.13. The van der Waals surface area contributed by atoms with E-state index >= 15 is 0 Å². The zero-order chi connectivity index (χ0) is 13.0. The Hall–Kier alpha value is -1.85. The number of hydrogen-bond acceptors (Lipinski definition) is 6. The summed E-state index contributed by atoms with van der Waals surface area (Å²) in [5.41, 5.74) is -0.157. The summed E-state index contributed by atoms with van der Waals surface area (Å²) in [6.45, 7) is 3.48. The van der Waals surface area contributed by atoms with E-state index in [4.69, 9.17) is 0 Å². The molecule has 0 unspecified atom stereocenters. The van der Waals surface area contributed by atoms with Gasteiger partial charge in [0.2, 0.25) is 5.78 Å². The second-order valence-corrected chi connectivity index (χ2v) is 3.42. The minimum Gasteiger partial charge on any atom is -0.504 e. The molecule has 1 atom stereocenters. The number of carbonyl (C=O) groups is 3. The number of allylic oxidation sites excluding steroid dienone is 1. The Morgan fingerprint density at radius 2 is 1.88 bits per heavy atom. The van der Waals surface area contributed by atoms with Gasteiger partial charge in [-0.1, -0.05) is 0 Å². The molecule has 17 heavy (non-hydrogen) atoms. The molecule has 1 aliphatic rings. The van der Waals surface area contributed by atoms with Gasteiger partial charge in [0.25, 0.3) is 0 Å². The summed E-state index contributed by atoms with van der Waals surface area (Å²) in [4.78, 5) is 34.3. The fourth-order valence-corrected chi connectivity index (χ4v) is 1.54. The molecule has 0 aromatic rings. The van der Waals surface area contributed by atoms with E-state index in [2.05, 4.69) is 9.47 Å². The van der Waals surface area contributed by atoms with Crippen LogP contribution in [0.25, 0.3) is 0 Å². The van der Waals surface area contributed by atoms with Gasteiger partial charge in [-0.15, -0.1) is 0 Å². The maximum atomic E-state index is 11.5. The number of esters is 2. The predicted octanol–water partition coefficient (Wildman–Crippen LogP) is 0.514. The second kappa shape index (κ2) is 5.47. The summed E-state index contributed by atoms with van der Waals surface area (Å²) < 4.78 is 9.35. The Labute approximate surface area is 98.2 Å². The van der Waals surface area contributed by atoms with Crippen molar-refractivity contribution in [2.45, 2.75) is 20.3 Å². The number of hydrogen-bond donors (Lipinski definition) is 1. The molecule has 1 N–H and O–H groups in total. The number of ketones is 1. The van der Waals surface area contributed by atoms with Gasteiger partial charge in [-0.3, -0.25) is 9.59 Å². The fraction of sp³-hybridized carbons (Fsp3) is 0.545. The molecular weight excluding hydrogens is 228 g/mol. The topological polar surface area (TPSA) is 89.9 Å². The first kappa shape index (κ1) is 13.2. The average molecular weight is 242 g/mol. The molecule has 6 heteroatoms. The molecule has 0 bridgehead atoms. The van der Waals surface area contributed by atoms with Crippen LogP contribution < -0.4 is 0 Å². The van der Waals surface area contributed by atoms with E-state index in [0.717, 1.165) is 0 Å². The molecule has 0 aromatic heterocycles. The number of carbonyl (C=O) groups excluding carboxylic acids is 3. The summed E-state index contributed by atoms with van der Waals surface area (Å²) in [5.74, 6) is -4.11. The molecule has 94 valence electrons. The molecule has 6 nitrogen and oxygen atoms in total. The van der Waals surface area contributed by atoms with Crippen molar-refractivity contribution in [2.75, 3.05) is 13.2 Å². The van der Waals surface area contributed by atoms with E-state index in [0.29, 0.717) is 0 Å². The van der Waals surface area contributed by atoms with Crippen LogP contribution in [-0.2, 0) is 23.9 Å². The summed E-state index contributed by atoms with van der Waals surface area (Å²) >= 11 is 0. The molecule has 0 heterocycles. The minimum absolute atomic E-state index is 0.133. The third kappa shape index (κ3) is 2.64. The smallest absolute Gasteiger partial charge is 0.337 e. The Morgan fingerprint density at radius 1 is 1.29 bits per heavy atom. The Kier molecular flexibility index (Phi) is 4.25. The highest BCUT2D eigenvalue weighted by molar-refractivity contribution is 6.14. The van der Waals surface area contributed by atoms with Gasteiger partial charge in [0, 0.05) is 6.42 Å². The van der Waals surface area contributed by atoms with Crippen LogP contribution in [0.3, 0.4) is 0 Å². The summed E-state index contributed by atoms with van der Waals surface area (Å²) in [6.07, 6.45) is -0.164.